The zero-order valence-electron chi connectivity index (χ0n) is 18.4. The number of carbonyl (C=O) groups is 1. The molecule has 0 saturated heterocycles. The molecular formula is C24H30N4O3. The Morgan fingerprint density at radius 3 is 2.23 bits per heavy atom. The molecule has 1 amide bonds. The summed E-state index contributed by atoms with van der Waals surface area (Å²) in [5, 5.41) is 2.95. The minimum atomic E-state index is -0.559. The fraction of sp³-hybridized carbons (Fsp3) is 0.375. The molecule has 0 radical (unpaired) electrons. The van der Waals surface area contributed by atoms with Gasteiger partial charge in [0.25, 0.3) is 5.91 Å². The molecule has 31 heavy (non-hydrogen) atoms. The van der Waals surface area contributed by atoms with Crippen LogP contribution in [0.4, 0.5) is 0 Å². The first-order valence-electron chi connectivity index (χ1n) is 10.7. The Labute approximate surface area is 181 Å². The Hall–Kier alpha value is -3.19. The molecule has 0 bridgehead atoms. The van der Waals surface area contributed by atoms with E-state index in [4.69, 9.17) is 0 Å². The highest BCUT2D eigenvalue weighted by molar-refractivity contribution is 5.94. The summed E-state index contributed by atoms with van der Waals surface area (Å²) in [6.45, 7) is 8.15. The standard InChI is InChI=1S/C24H30N4O3/c1-4-27(5-2)16-8-15-25-22(29)19-13-11-18(12-14-19)17-28-21-10-7-6-9-20(21)26(3)23(30)24(28)31/h6-7,9-14H,4-5,8,15-17H2,1-3H3,(H,25,29). The minimum Gasteiger partial charge on any atom is -0.352 e. The maximum atomic E-state index is 12.6. The van der Waals surface area contributed by atoms with Gasteiger partial charge < -0.3 is 14.8 Å². The monoisotopic (exact) mass is 422 g/mol. The van der Waals surface area contributed by atoms with Crippen molar-refractivity contribution in [2.24, 2.45) is 7.05 Å². The summed E-state index contributed by atoms with van der Waals surface area (Å²) in [5.41, 5.74) is 1.71. The SMILES string of the molecule is CCN(CC)CCCNC(=O)c1ccc(Cn2c(=O)c(=O)n(C)c3ccccc32)cc1. The van der Waals surface area contributed by atoms with Gasteiger partial charge in [-0.05, 0) is 55.9 Å². The lowest BCUT2D eigenvalue weighted by Crippen LogP contribution is -2.40. The van der Waals surface area contributed by atoms with Gasteiger partial charge in [0.15, 0.2) is 0 Å². The topological polar surface area (TPSA) is 76.3 Å². The molecule has 0 aliphatic heterocycles. The van der Waals surface area contributed by atoms with Gasteiger partial charge in [-0.15, -0.1) is 0 Å². The van der Waals surface area contributed by atoms with Crippen LogP contribution in [0.3, 0.4) is 0 Å². The quantitative estimate of drug-likeness (QED) is 0.424. The average molecular weight is 423 g/mol. The second kappa shape index (κ2) is 10.2. The predicted octanol–water partition coefficient (Wildman–Crippen LogP) is 2.21. The molecule has 1 aromatic heterocycles. The number of benzene rings is 2. The third kappa shape index (κ3) is 5.11. The number of hydrogen-bond acceptors (Lipinski definition) is 4. The average Bonchev–Trinajstić information content (AvgIpc) is 2.80. The Bertz CT molecular complexity index is 1160. The summed E-state index contributed by atoms with van der Waals surface area (Å²) in [5.74, 6) is -0.109. The molecule has 7 nitrogen and oxygen atoms in total. The highest BCUT2D eigenvalue weighted by atomic mass is 16.2. The summed E-state index contributed by atoms with van der Waals surface area (Å²) in [6, 6.07) is 14.5. The van der Waals surface area contributed by atoms with Crippen molar-refractivity contribution in [1.29, 1.82) is 0 Å². The van der Waals surface area contributed by atoms with E-state index in [0.717, 1.165) is 31.6 Å². The van der Waals surface area contributed by atoms with Gasteiger partial charge in [-0.3, -0.25) is 19.0 Å². The van der Waals surface area contributed by atoms with E-state index in [0.29, 0.717) is 23.1 Å². The number of fused-ring (bicyclic) bond motifs is 1. The lowest BCUT2D eigenvalue weighted by molar-refractivity contribution is 0.0952. The van der Waals surface area contributed by atoms with Gasteiger partial charge in [-0.1, -0.05) is 38.1 Å². The molecule has 0 unspecified atom stereocenters. The van der Waals surface area contributed by atoms with E-state index in [9.17, 15) is 14.4 Å². The number of para-hydroxylation sites is 2. The number of nitrogens with zero attached hydrogens (tertiary/aromatic N) is 3. The summed E-state index contributed by atoms with van der Waals surface area (Å²) in [7, 11) is 1.60. The van der Waals surface area contributed by atoms with Crippen molar-refractivity contribution in [3.8, 4) is 0 Å². The fourth-order valence-corrected chi connectivity index (χ4v) is 3.70. The number of nitrogens with one attached hydrogen (secondary N) is 1. The number of amides is 1. The Kier molecular flexibility index (Phi) is 7.41. The second-order valence-electron chi connectivity index (χ2n) is 7.58. The second-order valence-corrected chi connectivity index (χ2v) is 7.58. The molecule has 1 heterocycles. The van der Waals surface area contributed by atoms with Gasteiger partial charge in [0, 0.05) is 19.2 Å². The van der Waals surface area contributed by atoms with Crippen LogP contribution < -0.4 is 16.4 Å². The third-order valence-corrected chi connectivity index (χ3v) is 5.65. The minimum absolute atomic E-state index is 0.109. The third-order valence-electron chi connectivity index (χ3n) is 5.65. The van der Waals surface area contributed by atoms with Gasteiger partial charge in [0.05, 0.1) is 17.6 Å². The van der Waals surface area contributed by atoms with Crippen LogP contribution in [0.25, 0.3) is 11.0 Å². The summed E-state index contributed by atoms with van der Waals surface area (Å²) in [4.78, 5) is 39.6. The van der Waals surface area contributed by atoms with Crippen molar-refractivity contribution in [3.63, 3.8) is 0 Å². The molecule has 2 aromatic carbocycles. The highest BCUT2D eigenvalue weighted by Gasteiger charge is 2.11. The van der Waals surface area contributed by atoms with Crippen LogP contribution in [0, 0.1) is 0 Å². The smallest absolute Gasteiger partial charge is 0.317 e. The van der Waals surface area contributed by atoms with Gasteiger partial charge in [-0.25, -0.2) is 0 Å². The van der Waals surface area contributed by atoms with Gasteiger partial charge >= 0.3 is 11.1 Å². The van der Waals surface area contributed by atoms with E-state index in [-0.39, 0.29) is 12.5 Å². The Morgan fingerprint density at radius 2 is 1.58 bits per heavy atom. The van der Waals surface area contributed by atoms with E-state index in [1.54, 1.807) is 19.2 Å². The lowest BCUT2D eigenvalue weighted by Gasteiger charge is -2.17. The number of hydrogen-bond donors (Lipinski definition) is 1. The van der Waals surface area contributed by atoms with E-state index >= 15 is 0 Å². The summed E-state index contributed by atoms with van der Waals surface area (Å²) >= 11 is 0. The highest BCUT2D eigenvalue weighted by Crippen LogP contribution is 2.12. The van der Waals surface area contributed by atoms with Gasteiger partial charge in [0.1, 0.15) is 0 Å². The van der Waals surface area contributed by atoms with Crippen molar-refractivity contribution in [2.75, 3.05) is 26.2 Å². The molecule has 7 heteroatoms. The van der Waals surface area contributed by atoms with Gasteiger partial charge in [0.2, 0.25) is 0 Å². The molecule has 0 saturated carbocycles. The molecule has 0 aliphatic carbocycles. The predicted molar refractivity (Wildman–Crippen MR) is 124 cm³/mol. The molecule has 0 atom stereocenters. The first kappa shape index (κ1) is 22.5. The lowest BCUT2D eigenvalue weighted by atomic mass is 10.1. The summed E-state index contributed by atoms with van der Waals surface area (Å²) < 4.78 is 2.86. The van der Waals surface area contributed by atoms with Crippen molar-refractivity contribution in [3.05, 3.63) is 80.4 Å². The van der Waals surface area contributed by atoms with Crippen molar-refractivity contribution >= 4 is 16.9 Å². The molecule has 0 aliphatic rings. The number of aromatic nitrogens is 2. The molecule has 164 valence electrons. The zero-order chi connectivity index (χ0) is 22.4. The van der Waals surface area contributed by atoms with Crippen LogP contribution in [0.2, 0.25) is 0 Å². The largest absolute Gasteiger partial charge is 0.352 e. The Balaban J connectivity index is 1.70. The molecule has 1 N–H and O–H groups in total. The molecule has 0 spiro atoms. The van der Waals surface area contributed by atoms with E-state index < -0.39 is 11.1 Å². The van der Waals surface area contributed by atoms with E-state index in [1.165, 1.54) is 9.13 Å². The van der Waals surface area contributed by atoms with Gasteiger partial charge in [-0.2, -0.15) is 0 Å². The van der Waals surface area contributed by atoms with E-state index in [2.05, 4.69) is 24.1 Å². The molecule has 3 rings (SSSR count). The number of aryl methyl sites for hydroxylation is 1. The molecule has 3 aromatic rings. The maximum absolute atomic E-state index is 12.6. The van der Waals surface area contributed by atoms with Crippen LogP contribution in [-0.2, 0) is 13.6 Å². The molecule has 0 fully saturated rings. The van der Waals surface area contributed by atoms with Crippen molar-refractivity contribution in [1.82, 2.24) is 19.4 Å². The van der Waals surface area contributed by atoms with E-state index in [1.807, 2.05) is 36.4 Å². The van der Waals surface area contributed by atoms with Crippen molar-refractivity contribution in [2.45, 2.75) is 26.8 Å². The van der Waals surface area contributed by atoms with Crippen LogP contribution in [-0.4, -0.2) is 46.1 Å². The van der Waals surface area contributed by atoms with Crippen molar-refractivity contribution < 1.29 is 4.79 Å². The first-order chi connectivity index (χ1) is 15.0. The zero-order valence-corrected chi connectivity index (χ0v) is 18.4. The van der Waals surface area contributed by atoms with Crippen LogP contribution >= 0.6 is 0 Å². The maximum Gasteiger partial charge on any atom is 0.317 e. The normalized spacial score (nSPS) is 11.2. The van der Waals surface area contributed by atoms with Crippen LogP contribution in [0.15, 0.2) is 58.1 Å². The number of rotatable bonds is 9. The number of carbonyl (C=O) groups excluding carboxylic acids is 1. The first-order valence-corrected chi connectivity index (χ1v) is 10.7. The molecular weight excluding hydrogens is 392 g/mol. The summed E-state index contributed by atoms with van der Waals surface area (Å²) in [6.07, 6.45) is 0.907. The van der Waals surface area contributed by atoms with Crippen LogP contribution in [0.5, 0.6) is 0 Å². The Morgan fingerprint density at radius 1 is 0.935 bits per heavy atom. The fourth-order valence-electron chi connectivity index (χ4n) is 3.70. The van der Waals surface area contributed by atoms with Crippen LogP contribution in [0.1, 0.15) is 36.2 Å².